The van der Waals surface area contributed by atoms with Gasteiger partial charge in [0.1, 0.15) is 0 Å². The predicted molar refractivity (Wildman–Crippen MR) is 108 cm³/mol. The average Bonchev–Trinajstić information content (AvgIpc) is 2.55. The van der Waals surface area contributed by atoms with Crippen LogP contribution in [0.3, 0.4) is 0 Å². The molecule has 0 saturated heterocycles. The van der Waals surface area contributed by atoms with Crippen molar-refractivity contribution in [1.82, 2.24) is 0 Å². The highest BCUT2D eigenvalue weighted by Gasteiger charge is 1.88. The Kier molecular flexibility index (Phi) is 12.3. The van der Waals surface area contributed by atoms with E-state index in [0.717, 1.165) is 12.8 Å². The summed E-state index contributed by atoms with van der Waals surface area (Å²) in [5.74, 6) is 0. The molecule has 0 aliphatic rings. The predicted octanol–water partition coefficient (Wildman–Crippen LogP) is 7.53. The molecule has 0 radical (unpaired) electrons. The Hall–Kier alpha value is -2.08. The van der Waals surface area contributed by atoms with E-state index in [2.05, 4.69) is 59.1 Å². The van der Waals surface area contributed by atoms with Crippen LogP contribution in [0.2, 0.25) is 0 Å². The smallest absolute Gasteiger partial charge is 0.0161 e. The second-order valence-electron chi connectivity index (χ2n) is 5.87. The van der Waals surface area contributed by atoms with Crippen molar-refractivity contribution in [2.45, 2.75) is 47.0 Å². The molecule has 0 aliphatic heterocycles. The fraction of sp³-hybridized carbons (Fsp3) is 0.304. The maximum absolute atomic E-state index is 3.73. The summed E-state index contributed by atoms with van der Waals surface area (Å²) in [6.07, 6.45) is 13.9. The topological polar surface area (TPSA) is 0 Å². The van der Waals surface area contributed by atoms with Gasteiger partial charge in [0.25, 0.3) is 0 Å². The lowest BCUT2D eigenvalue weighted by atomic mass is 10.1. The van der Waals surface area contributed by atoms with Crippen LogP contribution in [0.1, 0.15) is 52.5 Å². The van der Waals surface area contributed by atoms with Gasteiger partial charge < -0.3 is 0 Å². The monoisotopic (exact) mass is 308 g/mol. The molecule has 0 nitrogen and oxygen atoms in total. The molecular weight excluding hydrogens is 276 g/mol. The van der Waals surface area contributed by atoms with E-state index in [0.29, 0.717) is 0 Å². The number of benzene rings is 1. The zero-order valence-corrected chi connectivity index (χ0v) is 15.3. The van der Waals surface area contributed by atoms with Gasteiger partial charge >= 0.3 is 0 Å². The van der Waals surface area contributed by atoms with Gasteiger partial charge in [-0.3, -0.25) is 0 Å². The molecule has 0 fully saturated rings. The second-order valence-corrected chi connectivity index (χ2v) is 5.87. The lowest BCUT2D eigenvalue weighted by Gasteiger charge is -1.98. The molecule has 0 unspecified atom stereocenters. The first-order valence-corrected chi connectivity index (χ1v) is 8.25. The molecule has 0 saturated carbocycles. The van der Waals surface area contributed by atoms with Crippen LogP contribution in [0.25, 0.3) is 6.08 Å². The van der Waals surface area contributed by atoms with Gasteiger partial charge in [0.15, 0.2) is 0 Å². The molecule has 1 aromatic rings. The minimum absolute atomic E-state index is 1.03. The summed E-state index contributed by atoms with van der Waals surface area (Å²) in [5.41, 5.74) is 5.31. The third-order valence-corrected chi connectivity index (χ3v) is 3.35. The Morgan fingerprint density at radius 2 is 1.57 bits per heavy atom. The SMILES string of the molecule is C=CC(C)=CCC=C(C)CCC=C(C)C.C=Cc1ccccc1. The highest BCUT2D eigenvalue weighted by molar-refractivity contribution is 5.45. The first-order chi connectivity index (χ1) is 11.0. The van der Waals surface area contributed by atoms with E-state index in [1.165, 1.54) is 28.7 Å². The van der Waals surface area contributed by atoms with Crippen LogP contribution in [0.4, 0.5) is 0 Å². The van der Waals surface area contributed by atoms with Crippen molar-refractivity contribution in [3.05, 3.63) is 90.1 Å². The van der Waals surface area contributed by atoms with Crippen LogP contribution >= 0.6 is 0 Å². The van der Waals surface area contributed by atoms with Gasteiger partial charge in [-0.05, 0) is 52.5 Å². The van der Waals surface area contributed by atoms with Crippen LogP contribution in [-0.2, 0) is 0 Å². The molecule has 0 aliphatic carbocycles. The molecule has 23 heavy (non-hydrogen) atoms. The third-order valence-electron chi connectivity index (χ3n) is 3.35. The largest absolute Gasteiger partial charge is 0.0988 e. The van der Waals surface area contributed by atoms with Crippen molar-refractivity contribution in [3.63, 3.8) is 0 Å². The Labute approximate surface area is 143 Å². The van der Waals surface area contributed by atoms with E-state index in [1.807, 2.05) is 42.5 Å². The van der Waals surface area contributed by atoms with E-state index >= 15 is 0 Å². The molecule has 0 spiro atoms. The Morgan fingerprint density at radius 3 is 2.04 bits per heavy atom. The number of hydrogen-bond acceptors (Lipinski definition) is 0. The van der Waals surface area contributed by atoms with Crippen LogP contribution < -0.4 is 0 Å². The van der Waals surface area contributed by atoms with Crippen molar-refractivity contribution in [3.8, 4) is 0 Å². The number of rotatable bonds is 7. The van der Waals surface area contributed by atoms with Gasteiger partial charge in [-0.2, -0.15) is 0 Å². The molecule has 0 heteroatoms. The summed E-state index contributed by atoms with van der Waals surface area (Å²) in [6.45, 7) is 15.9. The lowest BCUT2D eigenvalue weighted by molar-refractivity contribution is 0.958. The van der Waals surface area contributed by atoms with E-state index in [4.69, 9.17) is 0 Å². The quantitative estimate of drug-likeness (QED) is 0.360. The number of hydrogen-bond donors (Lipinski definition) is 0. The van der Waals surface area contributed by atoms with Gasteiger partial charge in [-0.25, -0.2) is 0 Å². The molecule has 124 valence electrons. The summed E-state index contributed by atoms with van der Waals surface area (Å²) >= 11 is 0. The molecule has 0 bridgehead atoms. The van der Waals surface area contributed by atoms with Gasteiger partial charge in [0.2, 0.25) is 0 Å². The fourth-order valence-corrected chi connectivity index (χ4v) is 1.81. The maximum atomic E-state index is 3.73. The summed E-state index contributed by atoms with van der Waals surface area (Å²) in [5, 5.41) is 0. The average molecular weight is 309 g/mol. The molecular formula is C23H32. The van der Waals surface area contributed by atoms with E-state index in [-0.39, 0.29) is 0 Å². The van der Waals surface area contributed by atoms with Crippen LogP contribution in [0.15, 0.2) is 84.5 Å². The van der Waals surface area contributed by atoms with Gasteiger partial charge in [-0.15, -0.1) is 0 Å². The van der Waals surface area contributed by atoms with E-state index < -0.39 is 0 Å². The standard InChI is InChI=1S/C15H24.C8H8/c1-6-14(4)10-8-12-15(5)11-7-9-13(2)3;1-2-8-6-4-3-5-7-8/h6,9-10,12H,1,7-8,11H2,2-5H3;2-7H,1H2. The van der Waals surface area contributed by atoms with Crippen molar-refractivity contribution in [1.29, 1.82) is 0 Å². The highest BCUT2D eigenvalue weighted by Crippen LogP contribution is 2.08. The first-order valence-electron chi connectivity index (χ1n) is 8.25. The van der Waals surface area contributed by atoms with Gasteiger partial charge in [0.05, 0.1) is 0 Å². The minimum Gasteiger partial charge on any atom is -0.0988 e. The Bertz CT molecular complexity index is 535. The van der Waals surface area contributed by atoms with Crippen molar-refractivity contribution in [2.24, 2.45) is 0 Å². The highest BCUT2D eigenvalue weighted by atomic mass is 13.9. The zero-order chi connectivity index (χ0) is 17.5. The fourth-order valence-electron chi connectivity index (χ4n) is 1.81. The number of allylic oxidation sites excluding steroid dienone is 7. The van der Waals surface area contributed by atoms with Gasteiger partial charge in [-0.1, -0.05) is 90.6 Å². The molecule has 0 aromatic heterocycles. The van der Waals surface area contributed by atoms with Crippen molar-refractivity contribution < 1.29 is 0 Å². The third kappa shape index (κ3) is 13.3. The van der Waals surface area contributed by atoms with Crippen molar-refractivity contribution in [2.75, 3.05) is 0 Å². The van der Waals surface area contributed by atoms with Crippen LogP contribution in [-0.4, -0.2) is 0 Å². The zero-order valence-electron chi connectivity index (χ0n) is 15.3. The van der Waals surface area contributed by atoms with Crippen LogP contribution in [0, 0.1) is 0 Å². The summed E-state index contributed by atoms with van der Waals surface area (Å²) in [7, 11) is 0. The normalized spacial score (nSPS) is 11.1. The van der Waals surface area contributed by atoms with E-state index in [1.54, 1.807) is 0 Å². The lowest BCUT2D eigenvalue weighted by Crippen LogP contribution is -1.77. The maximum Gasteiger partial charge on any atom is -0.0161 e. The summed E-state index contributed by atoms with van der Waals surface area (Å²) in [6, 6.07) is 10.0. The van der Waals surface area contributed by atoms with E-state index in [9.17, 15) is 0 Å². The second kappa shape index (κ2) is 13.6. The Balaban J connectivity index is 0.000000502. The molecule has 0 N–H and O–H groups in total. The van der Waals surface area contributed by atoms with Crippen LogP contribution in [0.5, 0.6) is 0 Å². The van der Waals surface area contributed by atoms with Gasteiger partial charge in [0, 0.05) is 0 Å². The molecule has 0 atom stereocenters. The minimum atomic E-state index is 1.03. The summed E-state index contributed by atoms with van der Waals surface area (Å²) in [4.78, 5) is 0. The molecule has 0 heterocycles. The molecule has 1 aromatic carbocycles. The molecule has 0 amide bonds. The summed E-state index contributed by atoms with van der Waals surface area (Å²) < 4.78 is 0. The Morgan fingerprint density at radius 1 is 0.913 bits per heavy atom. The van der Waals surface area contributed by atoms with Crippen molar-refractivity contribution >= 4 is 6.08 Å². The first kappa shape index (κ1) is 20.9. The molecule has 1 rings (SSSR count).